The first-order valence-corrected chi connectivity index (χ1v) is 9.40. The Balaban J connectivity index is 1.56. The van der Waals surface area contributed by atoms with Crippen LogP contribution >= 0.6 is 0 Å². The molecule has 2 fully saturated rings. The molecule has 27 heavy (non-hydrogen) atoms. The summed E-state index contributed by atoms with van der Waals surface area (Å²) in [4.78, 5) is 36.9. The molecule has 1 aliphatic carbocycles. The van der Waals surface area contributed by atoms with E-state index in [-0.39, 0.29) is 23.8 Å². The fourth-order valence-corrected chi connectivity index (χ4v) is 4.15. The molecule has 0 radical (unpaired) electrons. The van der Waals surface area contributed by atoms with Crippen LogP contribution in [0.1, 0.15) is 42.5 Å². The SMILES string of the molecule is CNc1ccc(C(=O)OCC(=O)N2CC[C@H]3CCCC[C@@H]3C2)cc1[N+](=O)[O-]. The summed E-state index contributed by atoms with van der Waals surface area (Å²) in [5.41, 5.74) is 0.153. The maximum Gasteiger partial charge on any atom is 0.338 e. The van der Waals surface area contributed by atoms with E-state index >= 15 is 0 Å². The lowest BCUT2D eigenvalue weighted by atomic mass is 9.75. The fourth-order valence-electron chi connectivity index (χ4n) is 4.15. The first kappa shape index (κ1) is 19.1. The number of nitro groups is 1. The number of carbonyl (C=O) groups excluding carboxylic acids is 2. The van der Waals surface area contributed by atoms with Gasteiger partial charge in [-0.25, -0.2) is 4.79 Å². The van der Waals surface area contributed by atoms with Gasteiger partial charge in [0.25, 0.3) is 11.6 Å². The van der Waals surface area contributed by atoms with Crippen LogP contribution in [0.3, 0.4) is 0 Å². The Kier molecular flexibility index (Phi) is 5.93. The van der Waals surface area contributed by atoms with Gasteiger partial charge in [0.2, 0.25) is 0 Å². The minimum absolute atomic E-state index is 0.0551. The van der Waals surface area contributed by atoms with Gasteiger partial charge in [0.1, 0.15) is 5.69 Å². The van der Waals surface area contributed by atoms with E-state index in [1.807, 2.05) is 0 Å². The van der Waals surface area contributed by atoms with Crippen LogP contribution in [0.5, 0.6) is 0 Å². The molecule has 2 aliphatic rings. The maximum atomic E-state index is 12.4. The number of nitrogens with zero attached hydrogens (tertiary/aromatic N) is 2. The zero-order valence-corrected chi connectivity index (χ0v) is 15.5. The van der Waals surface area contributed by atoms with Gasteiger partial charge in [-0.05, 0) is 36.8 Å². The first-order chi connectivity index (χ1) is 13.0. The standard InChI is InChI=1S/C19H25N3O5/c1-20-16-7-6-14(10-17(16)22(25)26)19(24)27-12-18(23)21-9-8-13-4-2-3-5-15(13)11-21/h6-7,10,13,15,20H,2-5,8-9,11-12H2,1H3/t13-,15-/m1/s1. The molecule has 1 N–H and O–H groups in total. The zero-order chi connectivity index (χ0) is 19.4. The van der Waals surface area contributed by atoms with Gasteiger partial charge < -0.3 is 15.0 Å². The minimum atomic E-state index is -0.735. The number of benzene rings is 1. The highest BCUT2D eigenvalue weighted by Crippen LogP contribution is 2.36. The average molecular weight is 375 g/mol. The number of carbonyl (C=O) groups is 2. The Morgan fingerprint density at radius 3 is 2.70 bits per heavy atom. The molecule has 1 heterocycles. The number of hydrogen-bond acceptors (Lipinski definition) is 6. The second-order valence-corrected chi connectivity index (χ2v) is 7.25. The van der Waals surface area contributed by atoms with Crippen molar-refractivity contribution in [3.8, 4) is 0 Å². The molecule has 1 aromatic rings. The van der Waals surface area contributed by atoms with Gasteiger partial charge in [-0.15, -0.1) is 0 Å². The number of nitro benzene ring substituents is 1. The van der Waals surface area contributed by atoms with Crippen LogP contribution in [0, 0.1) is 22.0 Å². The van der Waals surface area contributed by atoms with Crippen molar-refractivity contribution in [2.75, 3.05) is 32.1 Å². The summed E-state index contributed by atoms with van der Waals surface area (Å²) in [5.74, 6) is 0.343. The molecule has 1 saturated carbocycles. The Morgan fingerprint density at radius 1 is 1.26 bits per heavy atom. The molecule has 8 nitrogen and oxygen atoms in total. The summed E-state index contributed by atoms with van der Waals surface area (Å²) in [7, 11) is 1.56. The molecular formula is C19H25N3O5. The molecule has 2 atom stereocenters. The summed E-state index contributed by atoms with van der Waals surface area (Å²) >= 11 is 0. The van der Waals surface area contributed by atoms with Crippen molar-refractivity contribution in [1.82, 2.24) is 4.90 Å². The molecule has 0 unspecified atom stereocenters. The summed E-state index contributed by atoms with van der Waals surface area (Å²) in [6.07, 6.45) is 5.94. The number of anilines is 1. The number of rotatable bonds is 5. The van der Waals surface area contributed by atoms with Crippen molar-refractivity contribution in [3.05, 3.63) is 33.9 Å². The third kappa shape index (κ3) is 4.37. The molecule has 0 bridgehead atoms. The first-order valence-electron chi connectivity index (χ1n) is 9.40. The molecule has 0 aromatic heterocycles. The lowest BCUT2D eigenvalue weighted by molar-refractivity contribution is -0.384. The van der Waals surface area contributed by atoms with Crippen LogP contribution in [0.2, 0.25) is 0 Å². The summed E-state index contributed by atoms with van der Waals surface area (Å²) in [5, 5.41) is 13.8. The van der Waals surface area contributed by atoms with Gasteiger partial charge in [-0.3, -0.25) is 14.9 Å². The fraction of sp³-hybridized carbons (Fsp3) is 0.579. The third-order valence-corrected chi connectivity index (χ3v) is 5.67. The number of likely N-dealkylation sites (tertiary alicyclic amines) is 1. The van der Waals surface area contributed by atoms with Gasteiger partial charge >= 0.3 is 5.97 Å². The molecule has 0 spiro atoms. The van der Waals surface area contributed by atoms with Crippen LogP contribution in [0.25, 0.3) is 0 Å². The highest BCUT2D eigenvalue weighted by atomic mass is 16.6. The molecule has 1 aromatic carbocycles. The van der Waals surface area contributed by atoms with E-state index in [2.05, 4.69) is 5.32 Å². The number of nitrogens with one attached hydrogen (secondary N) is 1. The topological polar surface area (TPSA) is 102 Å². The lowest BCUT2D eigenvalue weighted by Crippen LogP contribution is -2.46. The molecular weight excluding hydrogens is 350 g/mol. The highest BCUT2D eigenvalue weighted by Gasteiger charge is 2.33. The Hall–Kier alpha value is -2.64. The van der Waals surface area contributed by atoms with Crippen LogP contribution in [0.4, 0.5) is 11.4 Å². The monoisotopic (exact) mass is 375 g/mol. The Labute approximate surface area is 158 Å². The minimum Gasteiger partial charge on any atom is -0.452 e. The maximum absolute atomic E-state index is 12.4. The summed E-state index contributed by atoms with van der Waals surface area (Å²) < 4.78 is 5.11. The van der Waals surface area contributed by atoms with Gasteiger partial charge in [-0.1, -0.05) is 19.3 Å². The number of piperidine rings is 1. The number of fused-ring (bicyclic) bond motifs is 1. The smallest absolute Gasteiger partial charge is 0.338 e. The van der Waals surface area contributed by atoms with E-state index in [0.717, 1.165) is 31.4 Å². The number of amides is 1. The second kappa shape index (κ2) is 8.37. The van der Waals surface area contributed by atoms with E-state index in [1.54, 1.807) is 11.9 Å². The normalized spacial score (nSPS) is 21.9. The Morgan fingerprint density at radius 2 is 2.00 bits per heavy atom. The van der Waals surface area contributed by atoms with Crippen molar-refractivity contribution in [2.24, 2.45) is 11.8 Å². The van der Waals surface area contributed by atoms with Crippen molar-refractivity contribution >= 4 is 23.3 Å². The zero-order valence-electron chi connectivity index (χ0n) is 15.5. The van der Waals surface area contributed by atoms with Gasteiger partial charge in [-0.2, -0.15) is 0 Å². The second-order valence-electron chi connectivity index (χ2n) is 7.25. The van der Waals surface area contributed by atoms with Gasteiger partial charge in [0.15, 0.2) is 6.61 Å². The summed E-state index contributed by atoms with van der Waals surface area (Å²) in [6.45, 7) is 1.11. The van der Waals surface area contributed by atoms with Crippen molar-refractivity contribution in [1.29, 1.82) is 0 Å². The van der Waals surface area contributed by atoms with Crippen LogP contribution < -0.4 is 5.32 Å². The number of hydrogen-bond donors (Lipinski definition) is 1. The van der Waals surface area contributed by atoms with Crippen LogP contribution in [-0.2, 0) is 9.53 Å². The predicted molar refractivity (Wildman–Crippen MR) is 99.6 cm³/mol. The van der Waals surface area contributed by atoms with E-state index < -0.39 is 10.9 Å². The van der Waals surface area contributed by atoms with E-state index in [4.69, 9.17) is 4.74 Å². The molecule has 1 saturated heterocycles. The highest BCUT2D eigenvalue weighted by molar-refractivity contribution is 5.93. The third-order valence-electron chi connectivity index (χ3n) is 5.67. The van der Waals surface area contributed by atoms with Crippen molar-refractivity contribution in [3.63, 3.8) is 0 Å². The number of esters is 1. The molecule has 8 heteroatoms. The van der Waals surface area contributed by atoms with Gasteiger partial charge in [0, 0.05) is 26.2 Å². The average Bonchev–Trinajstić information content (AvgIpc) is 2.70. The van der Waals surface area contributed by atoms with E-state index in [0.29, 0.717) is 18.2 Å². The summed E-state index contributed by atoms with van der Waals surface area (Å²) in [6, 6.07) is 4.05. The Bertz CT molecular complexity index is 736. The lowest BCUT2D eigenvalue weighted by Gasteiger charge is -2.41. The quantitative estimate of drug-likeness (QED) is 0.482. The molecule has 1 amide bonds. The largest absolute Gasteiger partial charge is 0.452 e. The predicted octanol–water partition coefficient (Wildman–Crippen LogP) is 2.83. The molecule has 3 rings (SSSR count). The molecule has 1 aliphatic heterocycles. The van der Waals surface area contributed by atoms with Crippen LogP contribution in [0.15, 0.2) is 18.2 Å². The van der Waals surface area contributed by atoms with Crippen LogP contribution in [-0.4, -0.2) is 48.4 Å². The van der Waals surface area contributed by atoms with Gasteiger partial charge in [0.05, 0.1) is 10.5 Å². The van der Waals surface area contributed by atoms with Crippen molar-refractivity contribution < 1.29 is 19.2 Å². The number of ether oxygens (including phenoxy) is 1. The van der Waals surface area contributed by atoms with E-state index in [9.17, 15) is 19.7 Å². The molecule has 146 valence electrons. The van der Waals surface area contributed by atoms with E-state index in [1.165, 1.54) is 31.4 Å². The van der Waals surface area contributed by atoms with Crippen molar-refractivity contribution in [2.45, 2.75) is 32.1 Å².